The summed E-state index contributed by atoms with van der Waals surface area (Å²) < 4.78 is 0. The average molecular weight is 1160 g/mol. The maximum absolute atomic E-state index is 14.5. The molecule has 0 radical (unpaired) electrons. The zero-order valence-electron chi connectivity index (χ0n) is 46.2. The first-order chi connectivity index (χ1) is 39.2. The fraction of sp³-hybridized carbons (Fsp3) is 0.473. The number of carboxylic acids is 2. The van der Waals surface area contributed by atoms with E-state index < -0.39 is 139 Å². The van der Waals surface area contributed by atoms with Crippen LogP contribution in [0.3, 0.4) is 0 Å². The zero-order chi connectivity index (χ0) is 61.9. The van der Waals surface area contributed by atoms with Gasteiger partial charge in [0.15, 0.2) is 0 Å². The molecule has 3 aromatic rings. The molecule has 83 heavy (non-hydrogen) atoms. The number of carboxylic acid groups (broad SMARTS) is 2. The molecule has 454 valence electrons. The van der Waals surface area contributed by atoms with Gasteiger partial charge < -0.3 is 90.4 Å². The minimum Gasteiger partial charge on any atom is -0.508 e. The van der Waals surface area contributed by atoms with Crippen LogP contribution in [-0.2, 0) is 72.0 Å². The van der Waals surface area contributed by atoms with Gasteiger partial charge in [-0.1, -0.05) is 68.4 Å². The van der Waals surface area contributed by atoms with Crippen molar-refractivity contribution in [1.82, 2.24) is 42.5 Å². The number of phenolic OH excluding ortho intramolecular Hbond substituents is 2. The Labute approximate surface area is 478 Å². The van der Waals surface area contributed by atoms with Crippen LogP contribution in [0.25, 0.3) is 0 Å². The molecule has 28 nitrogen and oxygen atoms in total. The van der Waals surface area contributed by atoms with Crippen molar-refractivity contribution < 1.29 is 83.4 Å². The maximum Gasteiger partial charge on any atom is 0.326 e. The molecule has 10 atom stereocenters. The summed E-state index contributed by atoms with van der Waals surface area (Å²) in [6.07, 6.45) is -3.74. The molecular weight excluding hydrogens is 1090 g/mol. The second-order valence-corrected chi connectivity index (χ2v) is 20.2. The number of carbonyl (C=O) groups excluding carboxylic acids is 9. The maximum atomic E-state index is 14.5. The van der Waals surface area contributed by atoms with Gasteiger partial charge in [-0.2, -0.15) is 0 Å². The van der Waals surface area contributed by atoms with E-state index in [0.717, 1.165) is 6.92 Å². The molecule has 0 aliphatic rings. The molecule has 0 saturated carbocycles. The molecule has 0 aliphatic carbocycles. The Hall–Kier alpha value is -8.73. The lowest BCUT2D eigenvalue weighted by molar-refractivity contribution is -0.143. The highest BCUT2D eigenvalue weighted by Gasteiger charge is 2.37. The quantitative estimate of drug-likeness (QED) is 0.0254. The van der Waals surface area contributed by atoms with Crippen LogP contribution >= 0.6 is 0 Å². The van der Waals surface area contributed by atoms with E-state index in [4.69, 9.17) is 17.2 Å². The van der Waals surface area contributed by atoms with Crippen molar-refractivity contribution >= 4 is 65.1 Å². The lowest BCUT2D eigenvalue weighted by atomic mass is 10.0. The first-order valence-corrected chi connectivity index (χ1v) is 26.7. The van der Waals surface area contributed by atoms with Crippen LogP contribution in [0.2, 0.25) is 0 Å². The van der Waals surface area contributed by atoms with Gasteiger partial charge in [-0.25, -0.2) is 4.79 Å². The third-order valence-electron chi connectivity index (χ3n) is 12.8. The minimum absolute atomic E-state index is 0.0305. The molecule has 20 N–H and O–H groups in total. The molecular formula is C55H77N11O17. The predicted octanol–water partition coefficient (Wildman–Crippen LogP) is -3.30. The second kappa shape index (κ2) is 34.5. The highest BCUT2D eigenvalue weighted by atomic mass is 16.4. The van der Waals surface area contributed by atoms with Crippen molar-refractivity contribution in [3.63, 3.8) is 0 Å². The molecule has 0 aliphatic heterocycles. The largest absolute Gasteiger partial charge is 0.508 e. The number of aliphatic hydroxyl groups excluding tert-OH is 2. The van der Waals surface area contributed by atoms with Crippen LogP contribution in [0, 0.1) is 5.92 Å². The van der Waals surface area contributed by atoms with Gasteiger partial charge in [-0.05, 0) is 92.4 Å². The van der Waals surface area contributed by atoms with E-state index in [9.17, 15) is 83.4 Å². The number of benzene rings is 3. The SMILES string of the molecule is CC(C)C[C@H](NC(=O)[C@H](Cc1ccc(O)cc1)NC(=O)[C@@H](NC(=O)[C@H](CCCCN)NC(=O)[C@H](Cc1ccccc1)NC(=O)[C@H](CC(=O)O)NC(=O)[C@H](Cc1ccc(O)cc1)NC(=O)[C@H](CO)NC(=O)[C@@H](N)CCC(N)=O)[C@@H](C)O)C(=O)O. The topological polar surface area (TPSA) is 483 Å². The lowest BCUT2D eigenvalue weighted by Gasteiger charge is -2.29. The highest BCUT2D eigenvalue weighted by molar-refractivity contribution is 5.99. The monoisotopic (exact) mass is 1160 g/mol. The van der Waals surface area contributed by atoms with Crippen molar-refractivity contribution in [1.29, 1.82) is 0 Å². The Bertz CT molecular complexity index is 2680. The van der Waals surface area contributed by atoms with E-state index in [-0.39, 0.29) is 75.3 Å². The lowest BCUT2D eigenvalue weighted by Crippen LogP contribution is -2.62. The summed E-state index contributed by atoms with van der Waals surface area (Å²) in [7, 11) is 0. The number of aliphatic hydroxyl groups is 2. The van der Waals surface area contributed by atoms with E-state index in [2.05, 4.69) is 42.5 Å². The van der Waals surface area contributed by atoms with Crippen molar-refractivity contribution in [2.45, 2.75) is 145 Å². The minimum atomic E-state index is -1.99. The molecule has 3 aromatic carbocycles. The molecule has 28 heteroatoms. The molecule has 0 fully saturated rings. The number of unbranched alkanes of at least 4 members (excludes halogenated alkanes) is 1. The number of carbonyl (C=O) groups is 11. The number of phenols is 2. The molecule has 0 spiro atoms. The number of aliphatic carboxylic acids is 2. The highest BCUT2D eigenvalue weighted by Crippen LogP contribution is 2.16. The predicted molar refractivity (Wildman–Crippen MR) is 297 cm³/mol. The van der Waals surface area contributed by atoms with Gasteiger partial charge in [-0.3, -0.25) is 47.9 Å². The molecule has 3 rings (SSSR count). The first kappa shape index (κ1) is 68.5. The Morgan fingerprint density at radius 1 is 0.494 bits per heavy atom. The van der Waals surface area contributed by atoms with Crippen molar-refractivity contribution in [3.8, 4) is 11.5 Å². The number of hydrogen-bond donors (Lipinski definition) is 17. The molecule has 0 saturated heterocycles. The van der Waals surface area contributed by atoms with Crippen LogP contribution in [0.1, 0.15) is 82.4 Å². The summed E-state index contributed by atoms with van der Waals surface area (Å²) in [6.45, 7) is 3.78. The first-order valence-electron chi connectivity index (χ1n) is 26.7. The zero-order valence-corrected chi connectivity index (χ0v) is 46.2. The summed E-state index contributed by atoms with van der Waals surface area (Å²) in [5.74, 6) is -12.7. The molecule has 0 heterocycles. The van der Waals surface area contributed by atoms with Crippen molar-refractivity contribution in [3.05, 3.63) is 95.6 Å². The number of hydrogen-bond acceptors (Lipinski definition) is 17. The summed E-state index contributed by atoms with van der Waals surface area (Å²) >= 11 is 0. The number of primary amides is 1. The van der Waals surface area contributed by atoms with E-state index in [0.29, 0.717) is 23.1 Å². The van der Waals surface area contributed by atoms with Gasteiger partial charge in [-0.15, -0.1) is 0 Å². The van der Waals surface area contributed by atoms with Gasteiger partial charge in [0.2, 0.25) is 53.2 Å². The standard InChI is InChI=1S/C55H77N11O17/c1-29(2)23-42(55(82)83)64-51(78)40(26-33-14-18-35(70)19-15-33)63-54(81)46(30(3)68)66-48(75)37(11-7-8-22-56)59-49(76)38(24-31-9-5-4-6-10-31)60-52(79)41(27-45(72)73)62-50(77)39(25-32-12-16-34(69)17-13-32)61-53(80)43(28-67)65-47(74)36(57)20-21-44(58)71/h4-6,9-10,12-19,29-30,36-43,46,67-70H,7-8,11,20-28,56-57H2,1-3H3,(H2,58,71)(H,59,76)(H,60,79)(H,61,80)(H,62,77)(H,63,81)(H,64,78)(H,65,74)(H,66,75)(H,72,73)(H,82,83)/t30-,36+,37+,38+,39+,40+,41+,42+,43+,46+/m1/s1. The third kappa shape index (κ3) is 24.5. The van der Waals surface area contributed by atoms with Gasteiger partial charge >= 0.3 is 11.9 Å². The molecule has 0 bridgehead atoms. The Morgan fingerprint density at radius 2 is 0.904 bits per heavy atom. The number of aromatic hydroxyl groups is 2. The van der Waals surface area contributed by atoms with Gasteiger partial charge in [0.05, 0.1) is 25.2 Å². The number of amides is 9. The van der Waals surface area contributed by atoms with Gasteiger partial charge in [0, 0.05) is 25.7 Å². The second-order valence-electron chi connectivity index (χ2n) is 20.2. The number of rotatable bonds is 36. The summed E-state index contributed by atoms with van der Waals surface area (Å²) in [4.78, 5) is 147. The van der Waals surface area contributed by atoms with Crippen LogP contribution in [-0.4, -0.2) is 169 Å². The van der Waals surface area contributed by atoms with Crippen LogP contribution < -0.4 is 59.7 Å². The van der Waals surface area contributed by atoms with E-state index in [1.807, 2.05) is 0 Å². The fourth-order valence-electron chi connectivity index (χ4n) is 8.24. The van der Waals surface area contributed by atoms with Crippen LogP contribution in [0.4, 0.5) is 0 Å². The molecule has 0 unspecified atom stereocenters. The van der Waals surface area contributed by atoms with Gasteiger partial charge in [0.1, 0.15) is 59.8 Å². The number of nitrogens with one attached hydrogen (secondary N) is 8. The molecule has 0 aromatic heterocycles. The van der Waals surface area contributed by atoms with Crippen LogP contribution in [0.15, 0.2) is 78.9 Å². The average Bonchev–Trinajstić information content (AvgIpc) is 3.55. The Kier molecular flexibility index (Phi) is 28.5. The number of nitrogens with two attached hydrogens (primary N) is 3. The van der Waals surface area contributed by atoms with E-state index >= 15 is 0 Å². The van der Waals surface area contributed by atoms with E-state index in [1.165, 1.54) is 48.5 Å². The van der Waals surface area contributed by atoms with Crippen molar-refractivity contribution in [2.24, 2.45) is 23.1 Å². The van der Waals surface area contributed by atoms with Crippen molar-refractivity contribution in [2.75, 3.05) is 13.2 Å². The summed E-state index contributed by atoms with van der Waals surface area (Å²) in [5.41, 5.74) is 17.9. The smallest absolute Gasteiger partial charge is 0.326 e. The Morgan fingerprint density at radius 3 is 1.34 bits per heavy atom. The summed E-state index contributed by atoms with van der Waals surface area (Å²) in [6, 6.07) is 4.37. The summed E-state index contributed by atoms with van der Waals surface area (Å²) in [5, 5.41) is 79.8. The third-order valence-corrected chi connectivity index (χ3v) is 12.8. The molecule has 9 amide bonds. The van der Waals surface area contributed by atoms with E-state index in [1.54, 1.807) is 44.2 Å². The van der Waals surface area contributed by atoms with Crippen LogP contribution in [0.5, 0.6) is 11.5 Å². The normalized spacial score (nSPS) is 14.7. The van der Waals surface area contributed by atoms with Gasteiger partial charge in [0.25, 0.3) is 0 Å². The fourth-order valence-corrected chi connectivity index (χ4v) is 8.24. The Balaban J connectivity index is 1.97.